The number of hydrogen-bond donors (Lipinski definition) is 1. The van der Waals surface area contributed by atoms with E-state index in [0.29, 0.717) is 5.41 Å². The van der Waals surface area contributed by atoms with Crippen molar-refractivity contribution in [3.63, 3.8) is 0 Å². The Balaban J connectivity index is 2.19. The van der Waals surface area contributed by atoms with Crippen LogP contribution in [0.15, 0.2) is 22.7 Å². The lowest BCUT2D eigenvalue weighted by molar-refractivity contribution is 0.621. The van der Waals surface area contributed by atoms with Crippen LogP contribution in [0.4, 0.5) is 5.69 Å². The lowest BCUT2D eigenvalue weighted by Gasteiger charge is -2.27. The molecule has 2 heteroatoms. The molecule has 0 atom stereocenters. The minimum atomic E-state index is 0.560. The van der Waals surface area contributed by atoms with Gasteiger partial charge in [0.1, 0.15) is 0 Å². The Hall–Kier alpha value is -0.500. The molecule has 68 valence electrons. The molecule has 1 aromatic rings. The Kier molecular flexibility index (Phi) is 1.51. The first-order chi connectivity index (χ1) is 6.32. The zero-order valence-corrected chi connectivity index (χ0v) is 9.02. The van der Waals surface area contributed by atoms with Crippen LogP contribution in [0.2, 0.25) is 0 Å². The van der Waals surface area contributed by atoms with Crippen molar-refractivity contribution in [2.24, 2.45) is 0 Å². The summed E-state index contributed by atoms with van der Waals surface area (Å²) in [7, 11) is 0. The Bertz CT molecular complexity index is 355. The van der Waals surface area contributed by atoms with Crippen LogP contribution < -0.4 is 5.32 Å². The number of fused-ring (bicyclic) bond motifs is 2. The molecule has 1 fully saturated rings. The van der Waals surface area contributed by atoms with E-state index in [1.165, 1.54) is 35.0 Å². The van der Waals surface area contributed by atoms with Crippen molar-refractivity contribution in [1.82, 2.24) is 0 Å². The summed E-state index contributed by atoms with van der Waals surface area (Å²) in [6.07, 6.45) is 4.09. The predicted octanol–water partition coefficient (Wildman–Crippen LogP) is 3.30. The fraction of sp³-hybridized carbons (Fsp3) is 0.455. The molecular formula is C11H12BrN. The molecule has 1 N–H and O–H groups in total. The van der Waals surface area contributed by atoms with Gasteiger partial charge in [0.15, 0.2) is 0 Å². The molecule has 3 rings (SSSR count). The molecule has 0 unspecified atom stereocenters. The number of hydrogen-bond acceptors (Lipinski definition) is 1. The third kappa shape index (κ3) is 1.05. The number of halogens is 1. The zero-order chi connectivity index (χ0) is 8.89. The highest BCUT2D eigenvalue weighted by atomic mass is 79.9. The maximum Gasteiger partial charge on any atom is 0.0522 e. The van der Waals surface area contributed by atoms with Gasteiger partial charge >= 0.3 is 0 Å². The van der Waals surface area contributed by atoms with Crippen molar-refractivity contribution in [3.8, 4) is 0 Å². The average Bonchev–Trinajstić information content (AvgIpc) is 2.89. The number of nitrogens with one attached hydrogen (secondary N) is 1. The molecule has 1 nitrogen and oxygen atoms in total. The SMILES string of the molecule is Brc1cccc2c1NCCC21CC1. The number of anilines is 1. The molecule has 13 heavy (non-hydrogen) atoms. The average molecular weight is 238 g/mol. The van der Waals surface area contributed by atoms with Crippen LogP contribution in [0, 0.1) is 0 Å². The maximum atomic E-state index is 3.60. The Morgan fingerprint density at radius 1 is 1.23 bits per heavy atom. The standard InChI is InChI=1S/C11H12BrN/c12-9-3-1-2-8-10(9)13-7-6-11(8)4-5-11/h1-3,13H,4-7H2. The van der Waals surface area contributed by atoms with E-state index in [4.69, 9.17) is 0 Å². The number of benzene rings is 1. The first-order valence-electron chi connectivity index (χ1n) is 4.85. The number of rotatable bonds is 0. The normalized spacial score (nSPS) is 22.2. The largest absolute Gasteiger partial charge is 0.384 e. The summed E-state index contributed by atoms with van der Waals surface area (Å²) in [6.45, 7) is 1.13. The van der Waals surface area contributed by atoms with Crippen LogP contribution in [0.1, 0.15) is 24.8 Å². The van der Waals surface area contributed by atoms with Gasteiger partial charge in [-0.15, -0.1) is 0 Å². The first kappa shape index (κ1) is 7.86. The molecule has 1 saturated carbocycles. The van der Waals surface area contributed by atoms with Gasteiger partial charge in [0, 0.05) is 11.0 Å². The van der Waals surface area contributed by atoms with E-state index in [2.05, 4.69) is 39.4 Å². The van der Waals surface area contributed by atoms with E-state index in [9.17, 15) is 0 Å². The predicted molar refractivity (Wildman–Crippen MR) is 58.2 cm³/mol. The van der Waals surface area contributed by atoms with Crippen molar-refractivity contribution in [2.45, 2.75) is 24.7 Å². The smallest absolute Gasteiger partial charge is 0.0522 e. The maximum absolute atomic E-state index is 3.60. The summed E-state index contributed by atoms with van der Waals surface area (Å²) >= 11 is 3.60. The van der Waals surface area contributed by atoms with Crippen molar-refractivity contribution in [1.29, 1.82) is 0 Å². The van der Waals surface area contributed by atoms with E-state index < -0.39 is 0 Å². The topological polar surface area (TPSA) is 12.0 Å². The first-order valence-corrected chi connectivity index (χ1v) is 5.64. The summed E-state index contributed by atoms with van der Waals surface area (Å²) in [4.78, 5) is 0. The van der Waals surface area contributed by atoms with Crippen molar-refractivity contribution in [3.05, 3.63) is 28.2 Å². The van der Waals surface area contributed by atoms with Crippen LogP contribution in [0.3, 0.4) is 0 Å². The summed E-state index contributed by atoms with van der Waals surface area (Å²) in [5, 5.41) is 3.48. The van der Waals surface area contributed by atoms with Crippen LogP contribution in [-0.2, 0) is 5.41 Å². The number of para-hydroxylation sites is 1. The van der Waals surface area contributed by atoms with E-state index in [1.807, 2.05) is 0 Å². The van der Waals surface area contributed by atoms with Crippen molar-refractivity contribution in [2.75, 3.05) is 11.9 Å². The van der Waals surface area contributed by atoms with Gasteiger partial charge in [-0.2, -0.15) is 0 Å². The second-order valence-electron chi connectivity index (χ2n) is 4.12. The van der Waals surface area contributed by atoms with E-state index in [0.717, 1.165) is 6.54 Å². The van der Waals surface area contributed by atoms with Gasteiger partial charge in [-0.25, -0.2) is 0 Å². The van der Waals surface area contributed by atoms with Crippen molar-refractivity contribution < 1.29 is 0 Å². The van der Waals surface area contributed by atoms with E-state index in [1.54, 1.807) is 0 Å². The quantitative estimate of drug-likeness (QED) is 0.731. The monoisotopic (exact) mass is 237 g/mol. The third-order valence-electron chi connectivity index (χ3n) is 3.34. The molecule has 2 aliphatic rings. The van der Waals surface area contributed by atoms with Gasteiger partial charge in [0.25, 0.3) is 0 Å². The molecule has 0 saturated heterocycles. The molecule has 1 aromatic carbocycles. The van der Waals surface area contributed by atoms with Gasteiger partial charge in [-0.3, -0.25) is 0 Å². The van der Waals surface area contributed by atoms with Crippen LogP contribution in [-0.4, -0.2) is 6.54 Å². The minimum Gasteiger partial charge on any atom is -0.384 e. The van der Waals surface area contributed by atoms with Gasteiger partial charge in [0.05, 0.1) is 5.69 Å². The van der Waals surface area contributed by atoms with Crippen molar-refractivity contribution >= 4 is 21.6 Å². The molecule has 1 aliphatic heterocycles. The fourth-order valence-corrected chi connectivity index (χ4v) is 2.88. The lowest BCUT2D eigenvalue weighted by atomic mass is 9.88. The molecule has 1 heterocycles. The second kappa shape index (κ2) is 2.50. The van der Waals surface area contributed by atoms with Gasteiger partial charge in [-0.1, -0.05) is 12.1 Å². The summed E-state index contributed by atoms with van der Waals surface area (Å²) < 4.78 is 1.22. The fourth-order valence-electron chi connectivity index (χ4n) is 2.38. The third-order valence-corrected chi connectivity index (χ3v) is 4.00. The Labute approximate surface area is 86.7 Å². The molecule has 1 spiro atoms. The summed E-state index contributed by atoms with van der Waals surface area (Å²) in [5.41, 5.74) is 3.43. The van der Waals surface area contributed by atoms with Crippen LogP contribution >= 0.6 is 15.9 Å². The highest BCUT2D eigenvalue weighted by Gasteiger charge is 2.46. The summed E-state index contributed by atoms with van der Waals surface area (Å²) in [5.74, 6) is 0. The van der Waals surface area contributed by atoms with Gasteiger partial charge in [0.2, 0.25) is 0 Å². The van der Waals surface area contributed by atoms with Gasteiger partial charge < -0.3 is 5.32 Å². The molecule has 0 radical (unpaired) electrons. The molecule has 0 amide bonds. The Morgan fingerprint density at radius 3 is 2.85 bits per heavy atom. The second-order valence-corrected chi connectivity index (χ2v) is 4.97. The van der Waals surface area contributed by atoms with E-state index in [-0.39, 0.29) is 0 Å². The van der Waals surface area contributed by atoms with E-state index >= 15 is 0 Å². The van der Waals surface area contributed by atoms with Gasteiger partial charge in [-0.05, 0) is 52.2 Å². The molecule has 0 aromatic heterocycles. The zero-order valence-electron chi connectivity index (χ0n) is 7.44. The molecule has 1 aliphatic carbocycles. The molecule has 0 bridgehead atoms. The van der Waals surface area contributed by atoms with Crippen LogP contribution in [0.25, 0.3) is 0 Å². The highest BCUT2D eigenvalue weighted by molar-refractivity contribution is 9.10. The van der Waals surface area contributed by atoms with Crippen LogP contribution in [0.5, 0.6) is 0 Å². The minimum absolute atomic E-state index is 0.560. The lowest BCUT2D eigenvalue weighted by Crippen LogP contribution is -2.22. The Morgan fingerprint density at radius 2 is 2.08 bits per heavy atom. The molecular weight excluding hydrogens is 226 g/mol. The summed E-state index contributed by atoms with van der Waals surface area (Å²) in [6, 6.07) is 6.54. The highest BCUT2D eigenvalue weighted by Crippen LogP contribution is 2.56.